The van der Waals surface area contributed by atoms with Crippen LogP contribution in [-0.4, -0.2) is 35.3 Å². The number of thiophene rings is 1. The maximum Gasteiger partial charge on any atom is 0.261 e. The number of hydrogen-bond donors (Lipinski definition) is 1. The highest BCUT2D eigenvalue weighted by atomic mass is 32.1. The first-order valence-corrected chi connectivity index (χ1v) is 9.32. The van der Waals surface area contributed by atoms with Gasteiger partial charge in [0.15, 0.2) is 0 Å². The monoisotopic (exact) mass is 358 g/mol. The first-order valence-electron chi connectivity index (χ1n) is 8.44. The molecule has 0 spiro atoms. The van der Waals surface area contributed by atoms with Crippen LogP contribution >= 0.6 is 11.3 Å². The highest BCUT2D eigenvalue weighted by Crippen LogP contribution is 2.38. The molecule has 25 heavy (non-hydrogen) atoms. The van der Waals surface area contributed by atoms with Crippen LogP contribution in [0.4, 0.5) is 4.39 Å². The number of benzene rings is 1. The minimum absolute atomic E-state index is 0.0361. The molecule has 3 atom stereocenters. The molecule has 4 rings (SSSR count). The molecule has 2 bridgehead atoms. The molecule has 1 saturated heterocycles. The second kappa shape index (κ2) is 6.26. The molecule has 1 aliphatic heterocycles. The number of aryl methyl sites for hydroxylation is 1. The Morgan fingerprint density at radius 1 is 1.28 bits per heavy atom. The molecule has 0 unspecified atom stereocenters. The summed E-state index contributed by atoms with van der Waals surface area (Å²) in [7, 11) is 0. The molecule has 2 aromatic rings. The molecular formula is C19H19FN2O2S. The van der Waals surface area contributed by atoms with Crippen LogP contribution in [0.1, 0.15) is 38.4 Å². The van der Waals surface area contributed by atoms with Crippen molar-refractivity contribution in [1.29, 1.82) is 0 Å². The van der Waals surface area contributed by atoms with Crippen molar-refractivity contribution < 1.29 is 14.0 Å². The van der Waals surface area contributed by atoms with Crippen molar-refractivity contribution in [2.75, 3.05) is 6.54 Å². The lowest BCUT2D eigenvalue weighted by molar-refractivity contribution is 0.0679. The normalized spacial score (nSPS) is 24.6. The number of carbonyl (C=O) groups is 2. The van der Waals surface area contributed by atoms with Crippen molar-refractivity contribution in [3.05, 3.63) is 57.5 Å². The van der Waals surface area contributed by atoms with Crippen LogP contribution in [0.2, 0.25) is 0 Å². The van der Waals surface area contributed by atoms with Gasteiger partial charge >= 0.3 is 0 Å². The number of nitrogens with one attached hydrogen (secondary N) is 1. The average molecular weight is 358 g/mol. The number of hydrogen-bond acceptors (Lipinski definition) is 3. The number of piperidine rings is 1. The SMILES string of the molecule is Cc1ccc(C(=O)N2C[C@@H]3C[C@H]2C[C@@H]3NC(=O)c2cccs2)cc1F. The highest BCUT2D eigenvalue weighted by molar-refractivity contribution is 7.12. The molecule has 2 heterocycles. The smallest absolute Gasteiger partial charge is 0.261 e. The van der Waals surface area contributed by atoms with Gasteiger partial charge in [0.2, 0.25) is 0 Å². The Morgan fingerprint density at radius 2 is 2.12 bits per heavy atom. The van der Waals surface area contributed by atoms with Crippen molar-refractivity contribution >= 4 is 23.2 Å². The standard InChI is InChI=1S/C19H19FN2O2S/c1-11-4-5-12(8-15(11)20)19(24)22-10-13-7-14(22)9-16(13)21-18(23)17-3-2-6-25-17/h2-6,8,13-14,16H,7,9-10H2,1H3,(H,21,23)/t13-,14-,16-/m0/s1. The number of halogens is 1. The third kappa shape index (κ3) is 2.95. The van der Waals surface area contributed by atoms with Gasteiger partial charge in [-0.3, -0.25) is 9.59 Å². The molecule has 2 fully saturated rings. The lowest BCUT2D eigenvalue weighted by atomic mass is 10.0. The average Bonchev–Trinajstić information content (AvgIpc) is 3.33. The Kier molecular flexibility index (Phi) is 4.07. The van der Waals surface area contributed by atoms with Gasteiger partial charge in [0.25, 0.3) is 11.8 Å². The van der Waals surface area contributed by atoms with E-state index in [0.717, 1.165) is 12.8 Å². The summed E-state index contributed by atoms with van der Waals surface area (Å²) in [5.74, 6) is -0.232. The van der Waals surface area contributed by atoms with Crippen LogP contribution in [0.15, 0.2) is 35.7 Å². The molecule has 1 aromatic carbocycles. The second-order valence-corrected chi connectivity index (χ2v) is 7.81. The van der Waals surface area contributed by atoms with E-state index in [1.807, 2.05) is 22.4 Å². The number of rotatable bonds is 3. The molecule has 4 nitrogen and oxygen atoms in total. The third-order valence-corrected chi connectivity index (χ3v) is 6.15. The third-order valence-electron chi connectivity index (χ3n) is 5.28. The number of nitrogens with zero attached hydrogens (tertiary/aromatic N) is 1. The van der Waals surface area contributed by atoms with Crippen LogP contribution < -0.4 is 5.32 Å². The van der Waals surface area contributed by atoms with Crippen LogP contribution in [0, 0.1) is 18.7 Å². The quantitative estimate of drug-likeness (QED) is 0.916. The van der Waals surface area contributed by atoms with Gasteiger partial charge in [-0.1, -0.05) is 12.1 Å². The highest BCUT2D eigenvalue weighted by Gasteiger charge is 2.47. The molecule has 1 aromatic heterocycles. The predicted octanol–water partition coefficient (Wildman–Crippen LogP) is 3.23. The molecule has 2 amide bonds. The summed E-state index contributed by atoms with van der Waals surface area (Å²) in [6.45, 7) is 2.30. The van der Waals surface area contributed by atoms with E-state index in [9.17, 15) is 14.0 Å². The van der Waals surface area contributed by atoms with Gasteiger partial charge in [0, 0.05) is 24.2 Å². The minimum atomic E-state index is -0.351. The lowest BCUT2D eigenvalue weighted by Gasteiger charge is -2.32. The second-order valence-electron chi connectivity index (χ2n) is 6.86. The molecular weight excluding hydrogens is 339 g/mol. The van der Waals surface area contributed by atoms with E-state index >= 15 is 0 Å². The van der Waals surface area contributed by atoms with Crippen molar-refractivity contribution in [1.82, 2.24) is 10.2 Å². The van der Waals surface area contributed by atoms with Gasteiger partial charge in [0.1, 0.15) is 5.82 Å². The Labute approximate surface area is 149 Å². The van der Waals surface area contributed by atoms with Crippen molar-refractivity contribution in [3.8, 4) is 0 Å². The Balaban J connectivity index is 1.41. The van der Waals surface area contributed by atoms with E-state index in [0.29, 0.717) is 22.5 Å². The zero-order chi connectivity index (χ0) is 17.6. The van der Waals surface area contributed by atoms with Gasteiger partial charge in [-0.05, 0) is 54.8 Å². The number of carbonyl (C=O) groups excluding carboxylic acids is 2. The minimum Gasteiger partial charge on any atom is -0.348 e. The summed E-state index contributed by atoms with van der Waals surface area (Å²) in [6, 6.07) is 8.55. The van der Waals surface area contributed by atoms with Gasteiger partial charge in [-0.15, -0.1) is 11.3 Å². The summed E-state index contributed by atoms with van der Waals surface area (Å²) in [4.78, 5) is 27.5. The van der Waals surface area contributed by atoms with E-state index in [4.69, 9.17) is 0 Å². The fraction of sp³-hybridized carbons (Fsp3) is 0.368. The van der Waals surface area contributed by atoms with Gasteiger partial charge in [0.05, 0.1) is 4.88 Å². The Morgan fingerprint density at radius 3 is 2.76 bits per heavy atom. The number of amides is 2. The van der Waals surface area contributed by atoms with Gasteiger partial charge in [-0.2, -0.15) is 0 Å². The van der Waals surface area contributed by atoms with Crippen LogP contribution in [-0.2, 0) is 0 Å². The van der Waals surface area contributed by atoms with Crippen LogP contribution in [0.25, 0.3) is 0 Å². The predicted molar refractivity (Wildman–Crippen MR) is 94.3 cm³/mol. The lowest BCUT2D eigenvalue weighted by Crippen LogP contribution is -2.47. The summed E-state index contributed by atoms with van der Waals surface area (Å²) >= 11 is 1.43. The molecule has 0 radical (unpaired) electrons. The van der Waals surface area contributed by atoms with E-state index in [2.05, 4.69) is 5.32 Å². The fourth-order valence-corrected chi connectivity index (χ4v) is 4.54. The van der Waals surface area contributed by atoms with Crippen LogP contribution in [0.5, 0.6) is 0 Å². The summed E-state index contributed by atoms with van der Waals surface area (Å²) in [5, 5.41) is 4.99. The van der Waals surface area contributed by atoms with Gasteiger partial charge < -0.3 is 10.2 Å². The first kappa shape index (κ1) is 16.3. The van der Waals surface area contributed by atoms with E-state index in [1.54, 1.807) is 19.1 Å². The topological polar surface area (TPSA) is 49.4 Å². The van der Waals surface area contributed by atoms with Gasteiger partial charge in [-0.25, -0.2) is 4.39 Å². The molecule has 130 valence electrons. The first-order chi connectivity index (χ1) is 12.0. The Hall–Kier alpha value is -2.21. The molecule has 2 aliphatic rings. The maximum absolute atomic E-state index is 13.7. The van der Waals surface area contributed by atoms with E-state index in [1.165, 1.54) is 17.4 Å². The number of fused-ring (bicyclic) bond motifs is 2. The molecule has 1 saturated carbocycles. The molecule has 1 N–H and O–H groups in total. The number of likely N-dealkylation sites (tertiary alicyclic amines) is 1. The van der Waals surface area contributed by atoms with E-state index < -0.39 is 0 Å². The fourth-order valence-electron chi connectivity index (χ4n) is 3.92. The van der Waals surface area contributed by atoms with Crippen molar-refractivity contribution in [2.45, 2.75) is 31.8 Å². The largest absolute Gasteiger partial charge is 0.348 e. The summed E-state index contributed by atoms with van der Waals surface area (Å²) < 4.78 is 13.7. The maximum atomic E-state index is 13.7. The molecule has 6 heteroatoms. The Bertz CT molecular complexity index is 821. The zero-order valence-corrected chi connectivity index (χ0v) is 14.7. The zero-order valence-electron chi connectivity index (χ0n) is 13.9. The van der Waals surface area contributed by atoms with Crippen molar-refractivity contribution in [3.63, 3.8) is 0 Å². The van der Waals surface area contributed by atoms with Crippen LogP contribution in [0.3, 0.4) is 0 Å². The summed E-state index contributed by atoms with van der Waals surface area (Å²) in [6.07, 6.45) is 1.66. The summed E-state index contributed by atoms with van der Waals surface area (Å²) in [5.41, 5.74) is 0.936. The van der Waals surface area contributed by atoms with E-state index in [-0.39, 0.29) is 35.6 Å². The van der Waals surface area contributed by atoms with Crippen molar-refractivity contribution in [2.24, 2.45) is 5.92 Å². The molecule has 1 aliphatic carbocycles.